The number of benzene rings is 3. The lowest BCUT2D eigenvalue weighted by atomic mass is 10.1. The predicted molar refractivity (Wildman–Crippen MR) is 222 cm³/mol. The number of aliphatic hydroxyl groups excluding tert-OH is 1. The van der Waals surface area contributed by atoms with E-state index in [1.807, 2.05) is 11.8 Å². The lowest BCUT2D eigenvalue weighted by molar-refractivity contribution is -0.110. The van der Waals surface area contributed by atoms with Crippen LogP contribution >= 0.6 is 0 Å². The van der Waals surface area contributed by atoms with Gasteiger partial charge in [0.05, 0.1) is 37.8 Å². The minimum Gasteiger partial charge on any atom is -0.495 e. The molecule has 0 aliphatic rings. The molecule has 0 fully saturated rings. The minimum absolute atomic E-state index is 0.0373. The van der Waals surface area contributed by atoms with E-state index in [0.717, 1.165) is 76.3 Å². The van der Waals surface area contributed by atoms with Gasteiger partial charge in [-0.25, -0.2) is 35.4 Å². The fourth-order valence-corrected chi connectivity index (χ4v) is 8.35. The molecule has 0 saturated heterocycles. The van der Waals surface area contributed by atoms with E-state index in [4.69, 9.17) is 9.47 Å². The molecule has 328 valence electrons. The second kappa shape index (κ2) is 24.1. The number of aliphatic hydroxyl groups is 1. The van der Waals surface area contributed by atoms with Gasteiger partial charge in [-0.2, -0.15) is 4.31 Å². The maximum absolute atomic E-state index is 15.4. The normalized spacial score (nSPS) is 12.0. The quantitative estimate of drug-likeness (QED) is 0.0271. The lowest BCUT2D eigenvalue weighted by Crippen LogP contribution is -2.33. The molecule has 0 atom stereocenters. The molecule has 0 spiro atoms. The van der Waals surface area contributed by atoms with E-state index in [1.165, 1.54) is 24.6 Å². The van der Waals surface area contributed by atoms with Crippen molar-refractivity contribution >= 4 is 38.7 Å². The zero-order valence-corrected chi connectivity index (χ0v) is 35.9. The van der Waals surface area contributed by atoms with Crippen LogP contribution in [0.3, 0.4) is 0 Å². The third-order valence-corrected chi connectivity index (χ3v) is 12.0. The number of amides is 1. The van der Waals surface area contributed by atoms with Gasteiger partial charge in [-0.1, -0.05) is 78.1 Å². The van der Waals surface area contributed by atoms with Crippen LogP contribution in [0, 0.1) is 36.0 Å². The maximum Gasteiger partial charge on any atom is 0.275 e. The number of likely N-dealkylation sites (N-methyl/N-ethyl adjacent to an activating group) is 1. The number of sulfonamides is 1. The second-order valence-electron chi connectivity index (χ2n) is 14.3. The van der Waals surface area contributed by atoms with Crippen LogP contribution in [0.25, 0.3) is 0 Å². The van der Waals surface area contributed by atoms with Crippen molar-refractivity contribution in [2.45, 2.75) is 110 Å². The van der Waals surface area contributed by atoms with E-state index < -0.39 is 56.3 Å². The molecular formula is C43H59F5N4O6S. The molecule has 0 aliphatic carbocycles. The number of ether oxygens (including phenoxy) is 2. The third kappa shape index (κ3) is 12.9. The van der Waals surface area contributed by atoms with Crippen molar-refractivity contribution in [2.24, 2.45) is 4.99 Å². The van der Waals surface area contributed by atoms with Gasteiger partial charge in [0.25, 0.3) is 5.91 Å². The van der Waals surface area contributed by atoms with Crippen molar-refractivity contribution in [1.82, 2.24) is 4.31 Å². The van der Waals surface area contributed by atoms with Crippen LogP contribution in [0.2, 0.25) is 0 Å². The van der Waals surface area contributed by atoms with Crippen LogP contribution < -0.4 is 19.7 Å². The van der Waals surface area contributed by atoms with Crippen LogP contribution in [0.4, 0.5) is 39.0 Å². The molecule has 59 heavy (non-hydrogen) atoms. The number of anilines is 2. The molecule has 0 aliphatic heterocycles. The van der Waals surface area contributed by atoms with Gasteiger partial charge in [-0.3, -0.25) is 4.79 Å². The molecule has 3 rings (SSSR count). The molecule has 0 radical (unpaired) electrons. The highest BCUT2D eigenvalue weighted by atomic mass is 32.2. The average Bonchev–Trinajstić information content (AvgIpc) is 3.22. The number of hydrogen-bond donors (Lipinski definition) is 2. The van der Waals surface area contributed by atoms with Crippen LogP contribution in [0.1, 0.15) is 109 Å². The summed E-state index contributed by atoms with van der Waals surface area (Å²) in [6.45, 7) is 8.87. The molecular weight excluding hydrogens is 796 g/mol. The summed E-state index contributed by atoms with van der Waals surface area (Å²) in [6.07, 6.45) is 11.5. The molecule has 0 bridgehead atoms. The Morgan fingerprint density at radius 2 is 1.25 bits per heavy atom. The Labute approximate surface area is 345 Å². The number of carbonyl (C=O) groups is 1. The molecule has 16 heteroatoms. The highest BCUT2D eigenvalue weighted by Crippen LogP contribution is 2.38. The monoisotopic (exact) mass is 854 g/mol. The Kier molecular flexibility index (Phi) is 20.0. The number of rotatable bonds is 26. The van der Waals surface area contributed by atoms with E-state index in [2.05, 4.69) is 24.2 Å². The first-order chi connectivity index (χ1) is 28.2. The number of hydrogen-bond acceptors (Lipinski definition) is 8. The summed E-state index contributed by atoms with van der Waals surface area (Å²) in [6, 6.07) is 6.89. The maximum atomic E-state index is 15.4. The van der Waals surface area contributed by atoms with Crippen molar-refractivity contribution in [3.05, 3.63) is 70.5 Å². The fourth-order valence-electron chi connectivity index (χ4n) is 6.68. The number of aryl methyl sites for hydroxylation is 1. The van der Waals surface area contributed by atoms with Crippen molar-refractivity contribution in [1.29, 1.82) is 0 Å². The number of aliphatic imine (C=N–C) groups is 1. The van der Waals surface area contributed by atoms with E-state index >= 15 is 8.78 Å². The summed E-state index contributed by atoms with van der Waals surface area (Å²) in [7, 11) is -1.77. The molecule has 3 aromatic rings. The second-order valence-corrected chi connectivity index (χ2v) is 16.2. The molecule has 0 aromatic heterocycles. The van der Waals surface area contributed by atoms with Gasteiger partial charge in [0.2, 0.25) is 15.8 Å². The van der Waals surface area contributed by atoms with Crippen LogP contribution in [0.5, 0.6) is 11.5 Å². The van der Waals surface area contributed by atoms with Gasteiger partial charge >= 0.3 is 0 Å². The fraction of sp³-hybridized carbons (Fsp3) is 0.535. The summed E-state index contributed by atoms with van der Waals surface area (Å²) < 4.78 is 115. The molecule has 0 unspecified atom stereocenters. The van der Waals surface area contributed by atoms with E-state index in [1.54, 1.807) is 19.1 Å². The summed E-state index contributed by atoms with van der Waals surface area (Å²) in [5.41, 5.74) is -2.01. The Balaban J connectivity index is 2.11. The third-order valence-electron chi connectivity index (χ3n) is 10.1. The number of nitrogens with zero attached hydrogens (tertiary/aromatic N) is 3. The number of methoxy groups -OCH3 is 2. The first-order valence-corrected chi connectivity index (χ1v) is 21.8. The van der Waals surface area contributed by atoms with E-state index in [9.17, 15) is 31.5 Å². The number of halogens is 5. The van der Waals surface area contributed by atoms with Gasteiger partial charge in [0.1, 0.15) is 22.1 Å². The van der Waals surface area contributed by atoms with Crippen LogP contribution in [-0.2, 0) is 14.8 Å². The van der Waals surface area contributed by atoms with Crippen molar-refractivity contribution in [2.75, 3.05) is 57.2 Å². The standard InChI is InChI=1S/C43H59F5N4O6S/c1-7-10-12-14-16-18-22-52(23-19-17-15-13-11-8-2)59(55,56)35-28-33(57-5)32(27-34(35)58-6)50-43(54)42(36-37(44)39(46)41(48)40(47)38(36)45)49-31-21-20-30(26-29(31)4)51(9-3)24-25-53/h20-21,26-28,53H,7-19,22-25H2,1-6H3,(H,50,54). The zero-order chi connectivity index (χ0) is 43.7. The molecule has 10 nitrogen and oxygen atoms in total. The molecule has 0 heterocycles. The van der Waals surface area contributed by atoms with Gasteiger partial charge in [0.15, 0.2) is 23.3 Å². The highest BCUT2D eigenvalue weighted by Gasteiger charge is 2.34. The first-order valence-electron chi connectivity index (χ1n) is 20.4. The minimum atomic E-state index is -4.21. The topological polar surface area (TPSA) is 121 Å². The molecule has 1 amide bonds. The van der Waals surface area contributed by atoms with Crippen LogP contribution in [-0.4, -0.2) is 76.5 Å². The Morgan fingerprint density at radius 1 is 0.729 bits per heavy atom. The van der Waals surface area contributed by atoms with Crippen molar-refractivity contribution < 1.29 is 49.7 Å². The van der Waals surface area contributed by atoms with Crippen molar-refractivity contribution in [3.63, 3.8) is 0 Å². The van der Waals surface area contributed by atoms with Gasteiger partial charge < -0.3 is 24.8 Å². The largest absolute Gasteiger partial charge is 0.495 e. The average molecular weight is 855 g/mol. The summed E-state index contributed by atoms with van der Waals surface area (Å²) in [4.78, 5) is 19.8. The molecule has 2 N–H and O–H groups in total. The van der Waals surface area contributed by atoms with E-state index in [0.29, 0.717) is 37.2 Å². The Bertz CT molecular complexity index is 1950. The van der Waals surface area contributed by atoms with E-state index in [-0.39, 0.29) is 47.5 Å². The van der Waals surface area contributed by atoms with Gasteiger partial charge in [-0.15, -0.1) is 0 Å². The highest BCUT2D eigenvalue weighted by molar-refractivity contribution is 7.89. The summed E-state index contributed by atoms with van der Waals surface area (Å²) >= 11 is 0. The lowest BCUT2D eigenvalue weighted by Gasteiger charge is -2.24. The summed E-state index contributed by atoms with van der Waals surface area (Å²) in [5, 5.41) is 11.8. The number of unbranched alkanes of at least 4 members (excludes halogenated alkanes) is 10. The zero-order valence-electron chi connectivity index (χ0n) is 35.0. The van der Waals surface area contributed by atoms with Gasteiger partial charge in [-0.05, 0) is 50.5 Å². The number of nitrogens with one attached hydrogen (secondary N) is 1. The SMILES string of the molecule is CCCCCCCCN(CCCCCCCC)S(=O)(=O)c1cc(OC)c(NC(=O)C(=Nc2ccc(N(CC)CCO)cc2C)c2c(F)c(F)c(F)c(F)c2F)cc1OC. The number of carbonyl (C=O) groups excluding carboxylic acids is 1. The molecule has 0 saturated carbocycles. The smallest absolute Gasteiger partial charge is 0.275 e. The van der Waals surface area contributed by atoms with Crippen LogP contribution in [0.15, 0.2) is 40.2 Å². The molecule has 3 aromatic carbocycles. The Hall–Kier alpha value is -4.28. The Morgan fingerprint density at radius 3 is 1.75 bits per heavy atom. The predicted octanol–water partition coefficient (Wildman–Crippen LogP) is 10.00. The van der Waals surface area contributed by atoms with Gasteiger partial charge in [0, 0.05) is 44.0 Å². The first kappa shape index (κ1) is 49.1. The van der Waals surface area contributed by atoms with Crippen molar-refractivity contribution in [3.8, 4) is 11.5 Å². The summed E-state index contributed by atoms with van der Waals surface area (Å²) in [5.74, 6) is -13.4.